The maximum atomic E-state index is 5.80. The number of nitrogens with one attached hydrogen (secondary N) is 1. The zero-order valence-corrected chi connectivity index (χ0v) is 5.57. The Morgan fingerprint density at radius 3 is 2.78 bits per heavy atom. The zero-order valence-electron chi connectivity index (χ0n) is 4.82. The molecule has 1 nitrogen and oxygen atoms in total. The third kappa shape index (κ3) is 0.615. The molecule has 0 aromatic heterocycles. The summed E-state index contributed by atoms with van der Waals surface area (Å²) in [5.41, 5.74) is 2.43. The summed E-state index contributed by atoms with van der Waals surface area (Å²) in [6.07, 6.45) is 0. The summed E-state index contributed by atoms with van der Waals surface area (Å²) in [7, 11) is 0. The summed E-state index contributed by atoms with van der Waals surface area (Å²) in [5, 5.41) is 3.96. The molecule has 0 unspecified atom stereocenters. The predicted octanol–water partition coefficient (Wildman–Crippen LogP) is 2.27. The first kappa shape index (κ1) is 5.12. The summed E-state index contributed by atoms with van der Waals surface area (Å²) in [5.74, 6) is 0. The van der Waals surface area contributed by atoms with Crippen molar-refractivity contribution in [3.63, 3.8) is 0 Å². The van der Waals surface area contributed by atoms with Crippen LogP contribution in [-0.2, 0) is 6.54 Å². The first-order valence-electron chi connectivity index (χ1n) is 2.89. The topological polar surface area (TPSA) is 12.0 Å². The molecule has 0 spiro atoms. The van der Waals surface area contributed by atoms with E-state index >= 15 is 0 Å². The van der Waals surface area contributed by atoms with Crippen molar-refractivity contribution in [2.24, 2.45) is 0 Å². The molecule has 0 fully saturated rings. The number of halogens is 1. The smallest absolute Gasteiger partial charge is 0.0641 e. The van der Waals surface area contributed by atoms with E-state index < -0.39 is 0 Å². The normalized spacial score (nSPS) is 13.4. The van der Waals surface area contributed by atoms with Crippen LogP contribution in [-0.4, -0.2) is 0 Å². The van der Waals surface area contributed by atoms with Gasteiger partial charge in [-0.3, -0.25) is 0 Å². The first-order chi connectivity index (χ1) is 4.38. The molecule has 1 aliphatic rings. The van der Waals surface area contributed by atoms with Crippen molar-refractivity contribution >= 4 is 17.3 Å². The van der Waals surface area contributed by atoms with E-state index in [1.54, 1.807) is 0 Å². The Morgan fingerprint density at radius 1 is 1.44 bits per heavy atom. The minimum Gasteiger partial charge on any atom is -0.379 e. The Bertz CT molecular complexity index is 230. The number of anilines is 1. The van der Waals surface area contributed by atoms with Gasteiger partial charge in [0.05, 0.1) is 10.7 Å². The average Bonchev–Trinajstić information content (AvgIpc) is 1.74. The monoisotopic (exact) mass is 139 g/mol. The van der Waals surface area contributed by atoms with Gasteiger partial charge in [-0.05, 0) is 11.6 Å². The Balaban J connectivity index is 2.64. The molecule has 0 aliphatic carbocycles. The van der Waals surface area contributed by atoms with E-state index in [1.807, 2.05) is 12.1 Å². The van der Waals surface area contributed by atoms with Gasteiger partial charge in [-0.15, -0.1) is 0 Å². The van der Waals surface area contributed by atoms with E-state index in [0.29, 0.717) is 0 Å². The molecule has 0 bridgehead atoms. The molecular formula is C7H6ClN. The van der Waals surface area contributed by atoms with Gasteiger partial charge in [0, 0.05) is 6.54 Å². The first-order valence-corrected chi connectivity index (χ1v) is 3.27. The second-order valence-corrected chi connectivity index (χ2v) is 2.53. The van der Waals surface area contributed by atoms with Crippen LogP contribution in [0.15, 0.2) is 18.2 Å². The molecule has 0 radical (unpaired) electrons. The van der Waals surface area contributed by atoms with Crippen LogP contribution in [0.3, 0.4) is 0 Å². The molecule has 9 heavy (non-hydrogen) atoms. The van der Waals surface area contributed by atoms with Crippen molar-refractivity contribution in [2.45, 2.75) is 6.54 Å². The molecule has 2 heteroatoms. The molecule has 1 aromatic carbocycles. The lowest BCUT2D eigenvalue weighted by Gasteiger charge is -2.21. The Labute approximate surface area is 58.6 Å². The molecule has 2 rings (SSSR count). The van der Waals surface area contributed by atoms with E-state index in [0.717, 1.165) is 17.3 Å². The van der Waals surface area contributed by atoms with Crippen molar-refractivity contribution in [1.29, 1.82) is 0 Å². The Kier molecular flexibility index (Phi) is 0.935. The van der Waals surface area contributed by atoms with Crippen LogP contribution in [0.5, 0.6) is 0 Å². The molecular weight excluding hydrogens is 134 g/mol. The van der Waals surface area contributed by atoms with Crippen molar-refractivity contribution in [1.82, 2.24) is 0 Å². The van der Waals surface area contributed by atoms with E-state index in [2.05, 4.69) is 11.4 Å². The predicted molar refractivity (Wildman–Crippen MR) is 38.8 cm³/mol. The number of benzene rings is 1. The molecule has 0 saturated heterocycles. The Hall–Kier alpha value is -0.690. The fourth-order valence-electron chi connectivity index (χ4n) is 0.991. The maximum Gasteiger partial charge on any atom is 0.0641 e. The van der Waals surface area contributed by atoms with Gasteiger partial charge in [0.2, 0.25) is 0 Å². The highest BCUT2D eigenvalue weighted by Crippen LogP contribution is 2.32. The van der Waals surface area contributed by atoms with Crippen LogP contribution in [0, 0.1) is 0 Å². The lowest BCUT2D eigenvalue weighted by atomic mass is 10.1. The van der Waals surface area contributed by atoms with Crippen molar-refractivity contribution in [3.8, 4) is 0 Å². The molecule has 0 amide bonds. The molecule has 0 atom stereocenters. The zero-order chi connectivity index (χ0) is 6.27. The van der Waals surface area contributed by atoms with Crippen LogP contribution in [0.2, 0.25) is 5.02 Å². The third-order valence-electron chi connectivity index (χ3n) is 1.56. The van der Waals surface area contributed by atoms with Gasteiger partial charge in [0.15, 0.2) is 0 Å². The molecule has 0 saturated carbocycles. The van der Waals surface area contributed by atoms with Crippen LogP contribution < -0.4 is 5.32 Å². The van der Waals surface area contributed by atoms with Crippen LogP contribution in [0.1, 0.15) is 5.56 Å². The van der Waals surface area contributed by atoms with E-state index in [4.69, 9.17) is 11.6 Å². The van der Waals surface area contributed by atoms with Gasteiger partial charge >= 0.3 is 0 Å². The number of fused-ring (bicyclic) bond motifs is 1. The fraction of sp³-hybridized carbons (Fsp3) is 0.143. The van der Waals surface area contributed by atoms with Crippen LogP contribution >= 0.6 is 11.6 Å². The van der Waals surface area contributed by atoms with Gasteiger partial charge in [-0.2, -0.15) is 0 Å². The summed E-state index contributed by atoms with van der Waals surface area (Å²) >= 11 is 5.80. The second-order valence-electron chi connectivity index (χ2n) is 2.13. The minimum atomic E-state index is 0.832. The van der Waals surface area contributed by atoms with E-state index in [-0.39, 0.29) is 0 Å². The number of para-hydroxylation sites is 1. The third-order valence-corrected chi connectivity index (χ3v) is 1.87. The molecule has 1 heterocycles. The molecule has 46 valence electrons. The second kappa shape index (κ2) is 1.64. The number of hydrogen-bond donors (Lipinski definition) is 1. The highest BCUT2D eigenvalue weighted by molar-refractivity contribution is 6.33. The highest BCUT2D eigenvalue weighted by Gasteiger charge is 2.13. The lowest BCUT2D eigenvalue weighted by Crippen LogP contribution is -2.13. The van der Waals surface area contributed by atoms with Gasteiger partial charge < -0.3 is 5.32 Å². The largest absolute Gasteiger partial charge is 0.379 e. The summed E-state index contributed by atoms with van der Waals surface area (Å²) in [6, 6.07) is 5.95. The standard InChI is InChI=1S/C7H6ClN/c8-6-3-1-2-5-4-9-7(5)6/h1-3,9H,4H2. The fourth-order valence-corrected chi connectivity index (χ4v) is 1.25. The van der Waals surface area contributed by atoms with Gasteiger partial charge in [-0.1, -0.05) is 23.7 Å². The quantitative estimate of drug-likeness (QED) is 0.582. The molecule has 1 aromatic rings. The van der Waals surface area contributed by atoms with Crippen molar-refractivity contribution in [3.05, 3.63) is 28.8 Å². The number of hydrogen-bond acceptors (Lipinski definition) is 1. The molecule has 1 aliphatic heterocycles. The average molecular weight is 140 g/mol. The lowest BCUT2D eigenvalue weighted by molar-refractivity contribution is 1.05. The molecule has 1 N–H and O–H groups in total. The SMILES string of the molecule is Clc1cccc2c1NC2. The summed E-state index contributed by atoms with van der Waals surface area (Å²) < 4.78 is 0. The van der Waals surface area contributed by atoms with Crippen molar-refractivity contribution in [2.75, 3.05) is 5.32 Å². The summed E-state index contributed by atoms with van der Waals surface area (Å²) in [4.78, 5) is 0. The van der Waals surface area contributed by atoms with Crippen LogP contribution in [0.4, 0.5) is 5.69 Å². The van der Waals surface area contributed by atoms with E-state index in [9.17, 15) is 0 Å². The Morgan fingerprint density at radius 2 is 2.33 bits per heavy atom. The van der Waals surface area contributed by atoms with Crippen molar-refractivity contribution < 1.29 is 0 Å². The van der Waals surface area contributed by atoms with E-state index in [1.165, 1.54) is 5.56 Å². The van der Waals surface area contributed by atoms with Crippen LogP contribution in [0.25, 0.3) is 0 Å². The minimum absolute atomic E-state index is 0.832. The highest BCUT2D eigenvalue weighted by atomic mass is 35.5. The summed E-state index contributed by atoms with van der Waals surface area (Å²) in [6.45, 7) is 0.968. The maximum absolute atomic E-state index is 5.80. The number of rotatable bonds is 0. The van der Waals surface area contributed by atoms with Gasteiger partial charge in [0.1, 0.15) is 0 Å². The van der Waals surface area contributed by atoms with Gasteiger partial charge in [0.25, 0.3) is 0 Å². The van der Waals surface area contributed by atoms with Gasteiger partial charge in [-0.25, -0.2) is 0 Å².